The fraction of sp³-hybridized carbons (Fsp3) is 0.389. The van der Waals surface area contributed by atoms with Crippen molar-refractivity contribution >= 4 is 47.6 Å². The van der Waals surface area contributed by atoms with Crippen LogP contribution in [0.1, 0.15) is 10.4 Å². The van der Waals surface area contributed by atoms with E-state index >= 15 is 0 Å². The number of hydrogen-bond acceptors (Lipinski definition) is 6. The van der Waals surface area contributed by atoms with Crippen LogP contribution >= 0.6 is 35.8 Å². The Labute approximate surface area is 175 Å². The zero-order chi connectivity index (χ0) is 18.7. The number of amides is 1. The molecule has 1 aliphatic rings. The Balaban J connectivity index is 0.00000261. The van der Waals surface area contributed by atoms with E-state index in [1.54, 1.807) is 11.1 Å². The summed E-state index contributed by atoms with van der Waals surface area (Å²) in [6.45, 7) is 2.30. The lowest BCUT2D eigenvalue weighted by Gasteiger charge is -2.44. The predicted octanol–water partition coefficient (Wildman–Crippen LogP) is 3.12. The van der Waals surface area contributed by atoms with Gasteiger partial charge < -0.3 is 14.7 Å². The molecule has 0 spiro atoms. The van der Waals surface area contributed by atoms with Crippen molar-refractivity contribution in [3.63, 3.8) is 0 Å². The predicted molar refractivity (Wildman–Crippen MR) is 113 cm³/mol. The summed E-state index contributed by atoms with van der Waals surface area (Å²) in [6.07, 6.45) is 3.51. The second-order valence-corrected chi connectivity index (χ2v) is 7.45. The Kier molecular flexibility index (Phi) is 7.73. The van der Waals surface area contributed by atoms with Gasteiger partial charge in [0, 0.05) is 38.4 Å². The lowest BCUT2D eigenvalue weighted by atomic mass is 10.2. The second-order valence-electron chi connectivity index (χ2n) is 6.25. The SMILES string of the molecule is CSc1cnc(N2CCN(C)CC2N(C)C(=O)c2ccccc2)nc1Cl.Cl. The van der Waals surface area contributed by atoms with Gasteiger partial charge >= 0.3 is 0 Å². The third-order valence-corrected chi connectivity index (χ3v) is 5.66. The number of likely N-dealkylation sites (N-methyl/N-ethyl adjacent to an activating group) is 2. The molecule has 2 aromatic rings. The Hall–Kier alpha value is -1.54. The van der Waals surface area contributed by atoms with E-state index in [1.165, 1.54) is 11.8 Å². The molecule has 1 saturated heterocycles. The molecule has 2 heterocycles. The minimum atomic E-state index is -0.169. The molecule has 0 saturated carbocycles. The van der Waals surface area contributed by atoms with Crippen LogP contribution in [0.4, 0.5) is 5.95 Å². The van der Waals surface area contributed by atoms with E-state index in [0.717, 1.165) is 18.0 Å². The van der Waals surface area contributed by atoms with Crippen molar-refractivity contribution in [2.24, 2.45) is 0 Å². The lowest BCUT2D eigenvalue weighted by Crippen LogP contribution is -2.60. The molecule has 3 rings (SSSR count). The molecule has 146 valence electrons. The molecule has 0 bridgehead atoms. The minimum Gasteiger partial charge on any atom is -0.320 e. The standard InChI is InChI=1S/C18H22ClN5OS.ClH/c1-22-9-10-24(18-20-11-14(26-3)16(19)21-18)15(12-22)23(2)17(25)13-7-5-4-6-8-13;/h4-8,11,15H,9-10,12H2,1-3H3;1H. The lowest BCUT2D eigenvalue weighted by molar-refractivity contribution is 0.0660. The number of anilines is 1. The number of carbonyl (C=O) groups is 1. The van der Waals surface area contributed by atoms with Crippen LogP contribution in [0.15, 0.2) is 41.4 Å². The first-order valence-corrected chi connectivity index (χ1v) is 9.95. The molecule has 1 atom stereocenters. The summed E-state index contributed by atoms with van der Waals surface area (Å²) >= 11 is 7.79. The van der Waals surface area contributed by atoms with Gasteiger partial charge in [-0.1, -0.05) is 29.8 Å². The molecular formula is C18H23Cl2N5OS. The average Bonchev–Trinajstić information content (AvgIpc) is 2.67. The average molecular weight is 428 g/mol. The number of halogens is 2. The highest BCUT2D eigenvalue weighted by molar-refractivity contribution is 7.98. The van der Waals surface area contributed by atoms with E-state index < -0.39 is 0 Å². The Morgan fingerprint density at radius 3 is 2.63 bits per heavy atom. The molecule has 1 fully saturated rings. The maximum atomic E-state index is 12.9. The van der Waals surface area contributed by atoms with Gasteiger partial charge in [0.1, 0.15) is 11.3 Å². The highest BCUT2D eigenvalue weighted by Crippen LogP contribution is 2.26. The monoisotopic (exact) mass is 427 g/mol. The molecule has 1 aromatic heterocycles. The molecule has 1 aliphatic heterocycles. The van der Waals surface area contributed by atoms with Crippen LogP contribution in [-0.2, 0) is 0 Å². The van der Waals surface area contributed by atoms with E-state index in [1.807, 2.05) is 43.6 Å². The van der Waals surface area contributed by atoms with Gasteiger partial charge in [-0.2, -0.15) is 4.98 Å². The molecule has 0 N–H and O–H groups in total. The minimum absolute atomic E-state index is 0. The first kappa shape index (κ1) is 21.8. The molecule has 1 aromatic carbocycles. The van der Waals surface area contributed by atoms with Gasteiger partial charge in [0.25, 0.3) is 5.91 Å². The van der Waals surface area contributed by atoms with Gasteiger partial charge in [-0.3, -0.25) is 4.79 Å². The van der Waals surface area contributed by atoms with E-state index in [9.17, 15) is 4.79 Å². The van der Waals surface area contributed by atoms with Crippen LogP contribution in [0.25, 0.3) is 0 Å². The molecule has 0 radical (unpaired) electrons. The first-order valence-electron chi connectivity index (χ1n) is 8.35. The van der Waals surface area contributed by atoms with E-state index in [4.69, 9.17) is 11.6 Å². The Morgan fingerprint density at radius 2 is 2.00 bits per heavy atom. The van der Waals surface area contributed by atoms with Crippen molar-refractivity contribution in [1.82, 2.24) is 19.8 Å². The van der Waals surface area contributed by atoms with Crippen LogP contribution in [0.5, 0.6) is 0 Å². The normalized spacial score (nSPS) is 17.3. The second kappa shape index (κ2) is 9.59. The fourth-order valence-electron chi connectivity index (χ4n) is 3.00. The topological polar surface area (TPSA) is 52.6 Å². The molecule has 27 heavy (non-hydrogen) atoms. The summed E-state index contributed by atoms with van der Waals surface area (Å²) in [4.78, 5) is 28.7. The number of nitrogens with zero attached hydrogens (tertiary/aromatic N) is 5. The number of aromatic nitrogens is 2. The van der Waals surface area contributed by atoms with Gasteiger partial charge in [0.15, 0.2) is 0 Å². The Morgan fingerprint density at radius 1 is 1.30 bits per heavy atom. The largest absolute Gasteiger partial charge is 0.320 e. The van der Waals surface area contributed by atoms with E-state index in [0.29, 0.717) is 23.2 Å². The summed E-state index contributed by atoms with van der Waals surface area (Å²) in [5, 5.41) is 0.442. The smallest absolute Gasteiger partial charge is 0.255 e. The quantitative estimate of drug-likeness (QED) is 0.551. The van der Waals surface area contributed by atoms with Gasteiger partial charge in [0.2, 0.25) is 5.95 Å². The maximum absolute atomic E-state index is 12.9. The zero-order valence-corrected chi connectivity index (χ0v) is 17.9. The van der Waals surface area contributed by atoms with Crippen molar-refractivity contribution in [2.45, 2.75) is 11.1 Å². The fourth-order valence-corrected chi connectivity index (χ4v) is 3.73. The zero-order valence-electron chi connectivity index (χ0n) is 15.5. The number of piperazine rings is 1. The van der Waals surface area contributed by atoms with Crippen LogP contribution in [-0.4, -0.2) is 71.8 Å². The molecule has 9 heteroatoms. The van der Waals surface area contributed by atoms with E-state index in [2.05, 4.69) is 26.8 Å². The molecule has 1 amide bonds. The maximum Gasteiger partial charge on any atom is 0.255 e. The number of carbonyl (C=O) groups excluding carboxylic acids is 1. The van der Waals surface area contributed by atoms with Crippen LogP contribution in [0, 0.1) is 0 Å². The van der Waals surface area contributed by atoms with E-state index in [-0.39, 0.29) is 24.5 Å². The summed E-state index contributed by atoms with van der Waals surface area (Å²) in [7, 11) is 3.87. The van der Waals surface area contributed by atoms with Gasteiger partial charge in [0.05, 0.1) is 4.90 Å². The molecule has 6 nitrogen and oxygen atoms in total. The highest BCUT2D eigenvalue weighted by atomic mass is 35.5. The number of hydrogen-bond donors (Lipinski definition) is 0. The van der Waals surface area contributed by atoms with Crippen LogP contribution in [0.2, 0.25) is 5.15 Å². The number of rotatable bonds is 4. The Bertz CT molecular complexity index is 780. The third-order valence-electron chi connectivity index (χ3n) is 4.52. The molecular weight excluding hydrogens is 405 g/mol. The van der Waals surface area contributed by atoms with Crippen LogP contribution < -0.4 is 4.90 Å². The number of benzene rings is 1. The van der Waals surface area contributed by atoms with Gasteiger partial charge in [-0.25, -0.2) is 4.98 Å². The highest BCUT2D eigenvalue weighted by Gasteiger charge is 2.33. The van der Waals surface area contributed by atoms with Crippen molar-refractivity contribution in [3.05, 3.63) is 47.2 Å². The molecule has 0 aliphatic carbocycles. The summed E-state index contributed by atoms with van der Waals surface area (Å²) in [5.41, 5.74) is 0.667. The van der Waals surface area contributed by atoms with Crippen LogP contribution in [0.3, 0.4) is 0 Å². The summed E-state index contributed by atoms with van der Waals surface area (Å²) < 4.78 is 0. The van der Waals surface area contributed by atoms with Gasteiger partial charge in [-0.05, 0) is 25.4 Å². The van der Waals surface area contributed by atoms with Crippen molar-refractivity contribution in [2.75, 3.05) is 44.9 Å². The summed E-state index contributed by atoms with van der Waals surface area (Å²) in [6, 6.07) is 9.30. The van der Waals surface area contributed by atoms with Crippen molar-refractivity contribution in [1.29, 1.82) is 0 Å². The van der Waals surface area contributed by atoms with Crippen molar-refractivity contribution in [3.8, 4) is 0 Å². The first-order chi connectivity index (χ1) is 12.5. The van der Waals surface area contributed by atoms with Crippen molar-refractivity contribution < 1.29 is 4.79 Å². The van der Waals surface area contributed by atoms with Gasteiger partial charge in [-0.15, -0.1) is 24.2 Å². The third kappa shape index (κ3) is 4.85. The molecule has 1 unspecified atom stereocenters. The summed E-state index contributed by atoms with van der Waals surface area (Å²) in [5.74, 6) is 0.529. The number of thioether (sulfide) groups is 1.